The average molecular weight is 278 g/mol. The minimum absolute atomic E-state index is 0.220. The van der Waals surface area contributed by atoms with Crippen LogP contribution in [0.3, 0.4) is 0 Å². The molecule has 0 bridgehead atoms. The van der Waals surface area contributed by atoms with Crippen LogP contribution >= 0.6 is 0 Å². The van der Waals surface area contributed by atoms with Crippen LogP contribution in [-0.4, -0.2) is 20.9 Å². The van der Waals surface area contributed by atoms with Gasteiger partial charge in [-0.1, -0.05) is 12.1 Å². The van der Waals surface area contributed by atoms with Crippen molar-refractivity contribution in [1.29, 1.82) is 0 Å². The first-order chi connectivity index (χ1) is 10.2. The summed E-state index contributed by atoms with van der Waals surface area (Å²) in [6, 6.07) is 11.2. The molecule has 21 heavy (non-hydrogen) atoms. The van der Waals surface area contributed by atoms with Crippen molar-refractivity contribution in [2.24, 2.45) is 0 Å². The Balaban J connectivity index is 1.82. The molecule has 0 saturated carbocycles. The van der Waals surface area contributed by atoms with Gasteiger partial charge in [-0.05, 0) is 36.8 Å². The quantitative estimate of drug-likeness (QED) is 0.798. The number of rotatable bonds is 3. The van der Waals surface area contributed by atoms with Crippen molar-refractivity contribution in [1.82, 2.24) is 20.3 Å². The van der Waals surface area contributed by atoms with Crippen LogP contribution in [-0.2, 0) is 6.54 Å². The first-order valence-electron chi connectivity index (χ1n) is 6.64. The summed E-state index contributed by atoms with van der Waals surface area (Å²) in [5, 5.41) is 2.85. The summed E-state index contributed by atoms with van der Waals surface area (Å²) >= 11 is 0. The van der Waals surface area contributed by atoms with E-state index in [1.54, 1.807) is 19.3 Å². The molecule has 0 aliphatic rings. The van der Waals surface area contributed by atoms with Gasteiger partial charge in [-0.3, -0.25) is 9.78 Å². The summed E-state index contributed by atoms with van der Waals surface area (Å²) in [5.74, 6) is -0.220. The zero-order valence-electron chi connectivity index (χ0n) is 11.6. The predicted molar refractivity (Wildman–Crippen MR) is 79.7 cm³/mol. The number of nitrogens with one attached hydrogen (secondary N) is 1. The van der Waals surface area contributed by atoms with Gasteiger partial charge in [0.1, 0.15) is 5.69 Å². The van der Waals surface area contributed by atoms with E-state index in [4.69, 9.17) is 0 Å². The number of carbonyl (C=O) groups excluding carboxylic acids is 1. The number of pyridine rings is 1. The first-order valence-corrected chi connectivity index (χ1v) is 6.64. The van der Waals surface area contributed by atoms with Crippen molar-refractivity contribution in [2.75, 3.05) is 0 Å². The van der Waals surface area contributed by atoms with Gasteiger partial charge in [-0.2, -0.15) is 0 Å². The lowest BCUT2D eigenvalue weighted by atomic mass is 10.2. The number of hydrogen-bond acceptors (Lipinski definition) is 4. The summed E-state index contributed by atoms with van der Waals surface area (Å²) in [4.78, 5) is 25.0. The topological polar surface area (TPSA) is 67.8 Å². The fourth-order valence-corrected chi connectivity index (χ4v) is 2.07. The Labute approximate surface area is 122 Å². The van der Waals surface area contributed by atoms with Crippen molar-refractivity contribution < 1.29 is 4.79 Å². The van der Waals surface area contributed by atoms with E-state index < -0.39 is 0 Å². The van der Waals surface area contributed by atoms with E-state index in [1.807, 2.05) is 36.4 Å². The molecule has 0 radical (unpaired) electrons. The van der Waals surface area contributed by atoms with Crippen LogP contribution in [0.4, 0.5) is 0 Å². The Hall–Kier alpha value is -2.82. The second kappa shape index (κ2) is 5.66. The van der Waals surface area contributed by atoms with E-state index in [0.717, 1.165) is 16.6 Å². The average Bonchev–Trinajstić information content (AvgIpc) is 2.53. The van der Waals surface area contributed by atoms with E-state index in [1.165, 1.54) is 0 Å². The molecule has 2 heterocycles. The van der Waals surface area contributed by atoms with Gasteiger partial charge in [0.05, 0.1) is 16.7 Å². The van der Waals surface area contributed by atoms with E-state index >= 15 is 0 Å². The molecule has 3 aromatic rings. The maximum absolute atomic E-state index is 12.3. The first kappa shape index (κ1) is 13.2. The van der Waals surface area contributed by atoms with Crippen molar-refractivity contribution >= 4 is 16.9 Å². The molecular formula is C16H14N4O. The van der Waals surface area contributed by atoms with Crippen molar-refractivity contribution in [2.45, 2.75) is 13.5 Å². The molecule has 0 saturated heterocycles. The Morgan fingerprint density at radius 3 is 2.43 bits per heavy atom. The number of amides is 1. The highest BCUT2D eigenvalue weighted by molar-refractivity contribution is 5.95. The molecule has 2 aromatic heterocycles. The van der Waals surface area contributed by atoms with Gasteiger partial charge in [0.25, 0.3) is 5.91 Å². The number of nitrogens with zero attached hydrogens (tertiary/aromatic N) is 3. The van der Waals surface area contributed by atoms with Crippen LogP contribution in [0.25, 0.3) is 11.0 Å². The lowest BCUT2D eigenvalue weighted by Crippen LogP contribution is -2.25. The molecule has 0 unspecified atom stereocenters. The lowest BCUT2D eigenvalue weighted by molar-refractivity contribution is 0.0945. The number of para-hydroxylation sites is 2. The molecule has 3 rings (SSSR count). The third-order valence-corrected chi connectivity index (χ3v) is 3.16. The molecule has 5 heteroatoms. The Morgan fingerprint density at radius 1 is 1.05 bits per heavy atom. The summed E-state index contributed by atoms with van der Waals surface area (Å²) in [6.45, 7) is 2.23. The minimum atomic E-state index is -0.220. The fraction of sp³-hybridized carbons (Fsp3) is 0.125. The smallest absolute Gasteiger partial charge is 0.272 e. The van der Waals surface area contributed by atoms with Gasteiger partial charge < -0.3 is 5.32 Å². The van der Waals surface area contributed by atoms with Crippen LogP contribution in [0.5, 0.6) is 0 Å². The van der Waals surface area contributed by atoms with E-state index in [-0.39, 0.29) is 5.91 Å². The number of carbonyl (C=O) groups is 1. The van der Waals surface area contributed by atoms with Crippen LogP contribution in [0.1, 0.15) is 21.7 Å². The molecule has 0 aliphatic heterocycles. The molecule has 1 N–H and O–H groups in total. The van der Waals surface area contributed by atoms with Gasteiger partial charge in [0.15, 0.2) is 0 Å². The number of fused-ring (bicyclic) bond motifs is 1. The SMILES string of the molecule is Cc1nc2ccccc2nc1C(=O)NCc1ccncc1. The number of hydrogen-bond donors (Lipinski definition) is 1. The van der Waals surface area contributed by atoms with E-state index in [2.05, 4.69) is 20.3 Å². The number of aromatic nitrogens is 3. The monoisotopic (exact) mass is 278 g/mol. The molecule has 0 spiro atoms. The molecule has 0 atom stereocenters. The lowest BCUT2D eigenvalue weighted by Gasteiger charge is -2.07. The summed E-state index contributed by atoms with van der Waals surface area (Å²) in [6.07, 6.45) is 3.39. The highest BCUT2D eigenvalue weighted by atomic mass is 16.1. The molecule has 0 fully saturated rings. The Bertz CT molecular complexity index is 787. The van der Waals surface area contributed by atoms with Crippen LogP contribution in [0.15, 0.2) is 48.8 Å². The Morgan fingerprint density at radius 2 is 1.71 bits per heavy atom. The molecule has 1 amide bonds. The van der Waals surface area contributed by atoms with E-state index in [0.29, 0.717) is 17.9 Å². The molecular weight excluding hydrogens is 264 g/mol. The van der Waals surface area contributed by atoms with Crippen LogP contribution < -0.4 is 5.32 Å². The highest BCUT2D eigenvalue weighted by Gasteiger charge is 2.13. The van der Waals surface area contributed by atoms with Gasteiger partial charge in [-0.25, -0.2) is 9.97 Å². The van der Waals surface area contributed by atoms with Crippen LogP contribution in [0, 0.1) is 6.92 Å². The summed E-state index contributed by atoms with van der Waals surface area (Å²) in [5.41, 5.74) is 3.49. The predicted octanol–water partition coefficient (Wildman–Crippen LogP) is 2.26. The van der Waals surface area contributed by atoms with Gasteiger partial charge in [-0.15, -0.1) is 0 Å². The number of benzene rings is 1. The van der Waals surface area contributed by atoms with Gasteiger partial charge in [0, 0.05) is 18.9 Å². The normalized spacial score (nSPS) is 10.5. The summed E-state index contributed by atoms with van der Waals surface area (Å²) in [7, 11) is 0. The number of aryl methyl sites for hydroxylation is 1. The zero-order chi connectivity index (χ0) is 14.7. The second-order valence-corrected chi connectivity index (χ2v) is 4.68. The largest absolute Gasteiger partial charge is 0.347 e. The zero-order valence-corrected chi connectivity index (χ0v) is 11.6. The molecule has 0 aliphatic carbocycles. The Kier molecular flexibility index (Phi) is 3.55. The standard InChI is InChI=1S/C16H14N4O/c1-11-15(20-14-5-3-2-4-13(14)19-11)16(21)18-10-12-6-8-17-9-7-12/h2-9H,10H2,1H3,(H,18,21). The summed E-state index contributed by atoms with van der Waals surface area (Å²) < 4.78 is 0. The maximum Gasteiger partial charge on any atom is 0.272 e. The second-order valence-electron chi connectivity index (χ2n) is 4.68. The van der Waals surface area contributed by atoms with Crippen molar-refractivity contribution in [3.8, 4) is 0 Å². The van der Waals surface area contributed by atoms with Crippen LogP contribution in [0.2, 0.25) is 0 Å². The van der Waals surface area contributed by atoms with Gasteiger partial charge >= 0.3 is 0 Å². The molecule has 1 aromatic carbocycles. The van der Waals surface area contributed by atoms with Crippen molar-refractivity contribution in [3.63, 3.8) is 0 Å². The minimum Gasteiger partial charge on any atom is -0.347 e. The van der Waals surface area contributed by atoms with Crippen molar-refractivity contribution in [3.05, 3.63) is 65.7 Å². The molecule has 104 valence electrons. The maximum atomic E-state index is 12.3. The highest BCUT2D eigenvalue weighted by Crippen LogP contribution is 2.12. The molecule has 5 nitrogen and oxygen atoms in total. The van der Waals surface area contributed by atoms with Gasteiger partial charge in [0.2, 0.25) is 0 Å². The third kappa shape index (κ3) is 2.86. The third-order valence-electron chi connectivity index (χ3n) is 3.16. The van der Waals surface area contributed by atoms with E-state index in [9.17, 15) is 4.79 Å². The fourth-order valence-electron chi connectivity index (χ4n) is 2.07.